The number of likely N-dealkylation sites (tertiary alicyclic amines) is 1. The molecule has 1 aromatic carbocycles. The fourth-order valence-electron chi connectivity index (χ4n) is 2.89. The molecule has 2 N–H and O–H groups in total. The van der Waals surface area contributed by atoms with E-state index >= 15 is 0 Å². The molecule has 1 saturated heterocycles. The number of nitrogens with zero attached hydrogens (tertiary/aromatic N) is 1. The van der Waals surface area contributed by atoms with Gasteiger partial charge in [0.05, 0.1) is 0 Å². The van der Waals surface area contributed by atoms with Crippen molar-refractivity contribution in [1.82, 2.24) is 4.90 Å². The molecule has 1 fully saturated rings. The quantitative estimate of drug-likeness (QED) is 0.847. The second-order valence-corrected chi connectivity index (χ2v) is 5.90. The SMILES string of the molecule is CC(C)CC1CCCCN1C(=O)c1cccc(N)c1. The molecule has 104 valence electrons. The molecular formula is C16H24N2O. The van der Waals surface area contributed by atoms with Crippen molar-refractivity contribution < 1.29 is 4.79 Å². The molecule has 0 spiro atoms. The van der Waals surface area contributed by atoms with Crippen LogP contribution in [-0.4, -0.2) is 23.4 Å². The van der Waals surface area contributed by atoms with Crippen LogP contribution in [0.4, 0.5) is 5.69 Å². The second-order valence-electron chi connectivity index (χ2n) is 5.90. The van der Waals surface area contributed by atoms with Gasteiger partial charge in [-0.3, -0.25) is 4.79 Å². The number of amides is 1. The van der Waals surface area contributed by atoms with Gasteiger partial charge in [0, 0.05) is 23.8 Å². The molecule has 1 amide bonds. The maximum atomic E-state index is 12.6. The number of benzene rings is 1. The Bertz CT molecular complexity index is 442. The highest BCUT2D eigenvalue weighted by Crippen LogP contribution is 2.25. The molecule has 1 aromatic rings. The number of rotatable bonds is 3. The first-order chi connectivity index (χ1) is 9.08. The first-order valence-corrected chi connectivity index (χ1v) is 7.24. The van der Waals surface area contributed by atoms with Gasteiger partial charge in [0.25, 0.3) is 5.91 Å². The maximum absolute atomic E-state index is 12.6. The van der Waals surface area contributed by atoms with Crippen molar-refractivity contribution >= 4 is 11.6 Å². The van der Waals surface area contributed by atoms with E-state index in [9.17, 15) is 4.79 Å². The molecule has 1 unspecified atom stereocenters. The molecule has 0 saturated carbocycles. The summed E-state index contributed by atoms with van der Waals surface area (Å²) in [6.07, 6.45) is 4.57. The number of nitrogen functional groups attached to an aromatic ring is 1. The fourth-order valence-corrected chi connectivity index (χ4v) is 2.89. The van der Waals surface area contributed by atoms with Gasteiger partial charge in [-0.25, -0.2) is 0 Å². The Kier molecular flexibility index (Phi) is 4.46. The molecular weight excluding hydrogens is 236 g/mol. The summed E-state index contributed by atoms with van der Waals surface area (Å²) in [5, 5.41) is 0. The van der Waals surface area contributed by atoms with Crippen LogP contribution in [-0.2, 0) is 0 Å². The number of carbonyl (C=O) groups is 1. The second kappa shape index (κ2) is 6.09. The zero-order valence-electron chi connectivity index (χ0n) is 11.9. The van der Waals surface area contributed by atoms with E-state index in [0.29, 0.717) is 17.6 Å². The molecule has 3 nitrogen and oxygen atoms in total. The van der Waals surface area contributed by atoms with Gasteiger partial charge in [-0.2, -0.15) is 0 Å². The average molecular weight is 260 g/mol. The Morgan fingerprint density at radius 2 is 2.21 bits per heavy atom. The number of nitrogens with two attached hydrogens (primary N) is 1. The van der Waals surface area contributed by atoms with Crippen LogP contribution in [0.3, 0.4) is 0 Å². The molecule has 0 bridgehead atoms. The topological polar surface area (TPSA) is 46.3 Å². The summed E-state index contributed by atoms with van der Waals surface area (Å²) in [4.78, 5) is 14.7. The Morgan fingerprint density at radius 3 is 2.89 bits per heavy atom. The van der Waals surface area contributed by atoms with Gasteiger partial charge in [0.1, 0.15) is 0 Å². The van der Waals surface area contributed by atoms with Crippen molar-refractivity contribution in [3.63, 3.8) is 0 Å². The van der Waals surface area contributed by atoms with E-state index in [1.54, 1.807) is 6.07 Å². The van der Waals surface area contributed by atoms with Gasteiger partial charge < -0.3 is 10.6 Å². The summed E-state index contributed by atoms with van der Waals surface area (Å²) in [5.74, 6) is 0.761. The van der Waals surface area contributed by atoms with Crippen molar-refractivity contribution in [1.29, 1.82) is 0 Å². The number of piperidine rings is 1. The third kappa shape index (κ3) is 3.49. The standard InChI is InChI=1S/C16H24N2O/c1-12(2)10-15-8-3-4-9-18(15)16(19)13-6-5-7-14(17)11-13/h5-7,11-12,15H,3-4,8-10,17H2,1-2H3. The molecule has 0 aliphatic carbocycles. The summed E-state index contributed by atoms with van der Waals surface area (Å²) >= 11 is 0. The Balaban J connectivity index is 2.15. The summed E-state index contributed by atoms with van der Waals surface area (Å²) in [6.45, 7) is 5.32. The van der Waals surface area contributed by atoms with Crippen LogP contribution in [0.2, 0.25) is 0 Å². The van der Waals surface area contributed by atoms with Crippen LogP contribution in [0.25, 0.3) is 0 Å². The zero-order valence-corrected chi connectivity index (χ0v) is 11.9. The zero-order chi connectivity index (χ0) is 13.8. The van der Waals surface area contributed by atoms with Crippen molar-refractivity contribution in [3.05, 3.63) is 29.8 Å². The monoisotopic (exact) mass is 260 g/mol. The highest BCUT2D eigenvalue weighted by molar-refractivity contribution is 5.95. The number of hydrogen-bond donors (Lipinski definition) is 1. The number of hydrogen-bond acceptors (Lipinski definition) is 2. The lowest BCUT2D eigenvalue weighted by Gasteiger charge is -2.37. The Hall–Kier alpha value is -1.51. The molecule has 1 aliphatic rings. The highest BCUT2D eigenvalue weighted by atomic mass is 16.2. The van der Waals surface area contributed by atoms with Crippen LogP contribution in [0.15, 0.2) is 24.3 Å². The minimum absolute atomic E-state index is 0.137. The van der Waals surface area contributed by atoms with E-state index in [1.165, 1.54) is 6.42 Å². The summed E-state index contributed by atoms with van der Waals surface area (Å²) < 4.78 is 0. The average Bonchev–Trinajstić information content (AvgIpc) is 2.38. The van der Waals surface area contributed by atoms with Gasteiger partial charge >= 0.3 is 0 Å². The van der Waals surface area contributed by atoms with Crippen molar-refractivity contribution in [2.75, 3.05) is 12.3 Å². The largest absolute Gasteiger partial charge is 0.399 e. The van der Waals surface area contributed by atoms with E-state index in [2.05, 4.69) is 18.7 Å². The predicted octanol–water partition coefficient (Wildman–Crippen LogP) is 3.31. The van der Waals surface area contributed by atoms with Crippen molar-refractivity contribution in [2.24, 2.45) is 5.92 Å². The minimum Gasteiger partial charge on any atom is -0.399 e. The molecule has 1 aliphatic heterocycles. The lowest BCUT2D eigenvalue weighted by Crippen LogP contribution is -2.44. The molecule has 1 heterocycles. The Morgan fingerprint density at radius 1 is 1.42 bits per heavy atom. The molecule has 0 radical (unpaired) electrons. The summed E-state index contributed by atoms with van der Waals surface area (Å²) in [5.41, 5.74) is 7.14. The van der Waals surface area contributed by atoms with Gasteiger partial charge in [-0.1, -0.05) is 19.9 Å². The van der Waals surface area contributed by atoms with Crippen LogP contribution in [0.5, 0.6) is 0 Å². The van der Waals surface area contributed by atoms with Crippen LogP contribution < -0.4 is 5.73 Å². The van der Waals surface area contributed by atoms with Crippen molar-refractivity contribution in [2.45, 2.75) is 45.6 Å². The van der Waals surface area contributed by atoms with E-state index in [0.717, 1.165) is 31.4 Å². The molecule has 1 atom stereocenters. The van der Waals surface area contributed by atoms with Crippen LogP contribution in [0, 0.1) is 5.92 Å². The van der Waals surface area contributed by atoms with Crippen LogP contribution in [0.1, 0.15) is 49.9 Å². The van der Waals surface area contributed by atoms with Gasteiger partial charge in [-0.05, 0) is 49.8 Å². The highest BCUT2D eigenvalue weighted by Gasteiger charge is 2.27. The Labute approximate surface area is 115 Å². The van der Waals surface area contributed by atoms with E-state index in [1.807, 2.05) is 18.2 Å². The summed E-state index contributed by atoms with van der Waals surface area (Å²) in [6, 6.07) is 7.70. The normalized spacial score (nSPS) is 19.7. The molecule has 19 heavy (non-hydrogen) atoms. The van der Waals surface area contributed by atoms with E-state index in [4.69, 9.17) is 5.73 Å². The van der Waals surface area contributed by atoms with Crippen LogP contribution >= 0.6 is 0 Å². The lowest BCUT2D eigenvalue weighted by atomic mass is 9.93. The lowest BCUT2D eigenvalue weighted by molar-refractivity contribution is 0.0584. The summed E-state index contributed by atoms with van der Waals surface area (Å²) in [7, 11) is 0. The molecule has 2 rings (SSSR count). The number of anilines is 1. The number of carbonyl (C=O) groups excluding carboxylic acids is 1. The predicted molar refractivity (Wildman–Crippen MR) is 79.0 cm³/mol. The third-order valence-electron chi connectivity index (χ3n) is 3.77. The fraction of sp³-hybridized carbons (Fsp3) is 0.562. The first kappa shape index (κ1) is 13.9. The van der Waals surface area contributed by atoms with Gasteiger partial charge in [0.15, 0.2) is 0 Å². The van der Waals surface area contributed by atoms with Gasteiger partial charge in [-0.15, -0.1) is 0 Å². The first-order valence-electron chi connectivity index (χ1n) is 7.24. The molecule has 3 heteroatoms. The van der Waals surface area contributed by atoms with Gasteiger partial charge in [0.2, 0.25) is 0 Å². The third-order valence-corrected chi connectivity index (χ3v) is 3.77. The van der Waals surface area contributed by atoms with E-state index < -0.39 is 0 Å². The van der Waals surface area contributed by atoms with E-state index in [-0.39, 0.29) is 5.91 Å². The minimum atomic E-state index is 0.137. The maximum Gasteiger partial charge on any atom is 0.254 e. The molecule has 0 aromatic heterocycles. The smallest absolute Gasteiger partial charge is 0.254 e. The van der Waals surface area contributed by atoms with Crippen molar-refractivity contribution in [3.8, 4) is 0 Å².